The highest BCUT2D eigenvalue weighted by atomic mass is 32.2. The molecular weight excluding hydrogens is 328 g/mol. The molecule has 0 aliphatic carbocycles. The van der Waals surface area contributed by atoms with Crippen molar-refractivity contribution in [3.8, 4) is 0 Å². The van der Waals surface area contributed by atoms with Gasteiger partial charge in [-0.3, -0.25) is 9.71 Å². The highest BCUT2D eigenvalue weighted by Gasteiger charge is 2.21. The number of aromatic nitrogens is 1. The standard InChI is InChI=1S/C17H14N2O4S/c1-11-4-5-12-3-2-10-18-15(12)16(11)24(22,23)19-14-8-6-13(7-9-14)17(20)21/h2-10,19H,1H3,(H,20,21). The molecule has 2 N–H and O–H groups in total. The normalized spacial score (nSPS) is 11.4. The van der Waals surface area contributed by atoms with E-state index in [0.29, 0.717) is 11.1 Å². The van der Waals surface area contributed by atoms with Crippen LogP contribution >= 0.6 is 0 Å². The molecule has 0 unspecified atom stereocenters. The third kappa shape index (κ3) is 2.93. The summed E-state index contributed by atoms with van der Waals surface area (Å²) in [4.78, 5) is 15.2. The summed E-state index contributed by atoms with van der Waals surface area (Å²) in [5, 5.41) is 9.62. The predicted molar refractivity (Wildman–Crippen MR) is 90.7 cm³/mol. The molecule has 0 saturated heterocycles. The molecule has 0 saturated carbocycles. The molecule has 1 aromatic heterocycles. The van der Waals surface area contributed by atoms with E-state index < -0.39 is 16.0 Å². The van der Waals surface area contributed by atoms with Crippen molar-refractivity contribution in [2.45, 2.75) is 11.8 Å². The van der Waals surface area contributed by atoms with Crippen LogP contribution in [0.15, 0.2) is 59.6 Å². The molecule has 6 nitrogen and oxygen atoms in total. The molecule has 0 aliphatic rings. The Morgan fingerprint density at radius 1 is 1.08 bits per heavy atom. The highest BCUT2D eigenvalue weighted by molar-refractivity contribution is 7.93. The van der Waals surface area contributed by atoms with Gasteiger partial charge < -0.3 is 5.11 Å². The van der Waals surface area contributed by atoms with Crippen LogP contribution in [0.25, 0.3) is 10.9 Å². The molecule has 1 heterocycles. The first kappa shape index (κ1) is 15.9. The van der Waals surface area contributed by atoms with Crippen molar-refractivity contribution in [3.63, 3.8) is 0 Å². The molecule has 0 bridgehead atoms. The van der Waals surface area contributed by atoms with Gasteiger partial charge in [-0.2, -0.15) is 0 Å². The molecule has 0 atom stereocenters. The third-order valence-electron chi connectivity index (χ3n) is 3.58. The number of anilines is 1. The molecular formula is C17H14N2O4S. The molecule has 2 aromatic carbocycles. The lowest BCUT2D eigenvalue weighted by Crippen LogP contribution is -2.15. The summed E-state index contributed by atoms with van der Waals surface area (Å²) in [5.41, 5.74) is 1.34. The zero-order valence-corrected chi connectivity index (χ0v) is 13.5. The number of rotatable bonds is 4. The van der Waals surface area contributed by atoms with Gasteiger partial charge in [0, 0.05) is 17.3 Å². The minimum absolute atomic E-state index is 0.0842. The van der Waals surface area contributed by atoms with E-state index in [1.165, 1.54) is 24.3 Å². The summed E-state index contributed by atoms with van der Waals surface area (Å²) in [6.07, 6.45) is 1.54. The molecule has 0 fully saturated rings. The molecule has 0 radical (unpaired) electrons. The minimum Gasteiger partial charge on any atom is -0.478 e. The maximum Gasteiger partial charge on any atom is 0.335 e. The van der Waals surface area contributed by atoms with Gasteiger partial charge in [0.25, 0.3) is 10.0 Å². The zero-order valence-electron chi connectivity index (χ0n) is 12.7. The number of nitrogens with zero attached hydrogens (tertiary/aromatic N) is 1. The quantitative estimate of drug-likeness (QED) is 0.759. The van der Waals surface area contributed by atoms with E-state index in [1.807, 2.05) is 6.07 Å². The van der Waals surface area contributed by atoms with Crippen LogP contribution in [0, 0.1) is 6.92 Å². The van der Waals surface area contributed by atoms with Crippen LogP contribution in [-0.2, 0) is 10.0 Å². The molecule has 3 aromatic rings. The molecule has 7 heteroatoms. The van der Waals surface area contributed by atoms with E-state index in [2.05, 4.69) is 9.71 Å². The summed E-state index contributed by atoms with van der Waals surface area (Å²) in [5.74, 6) is -1.07. The van der Waals surface area contributed by atoms with Crippen LogP contribution in [0.4, 0.5) is 5.69 Å². The van der Waals surface area contributed by atoms with Crippen molar-refractivity contribution in [1.29, 1.82) is 0 Å². The number of hydrogen-bond donors (Lipinski definition) is 2. The summed E-state index contributed by atoms with van der Waals surface area (Å²) < 4.78 is 28.0. The van der Waals surface area contributed by atoms with E-state index >= 15 is 0 Å². The van der Waals surface area contributed by atoms with Gasteiger partial charge in [0.15, 0.2) is 0 Å². The van der Waals surface area contributed by atoms with Crippen LogP contribution in [0.3, 0.4) is 0 Å². The number of pyridine rings is 1. The second kappa shape index (κ2) is 5.93. The number of carboxylic acids is 1. The van der Waals surface area contributed by atoms with E-state index in [-0.39, 0.29) is 16.1 Å². The number of fused-ring (bicyclic) bond motifs is 1. The first-order chi connectivity index (χ1) is 11.4. The summed E-state index contributed by atoms with van der Waals surface area (Å²) in [6.45, 7) is 1.70. The number of hydrogen-bond acceptors (Lipinski definition) is 4. The maximum absolute atomic E-state index is 12.8. The van der Waals surface area contributed by atoms with Gasteiger partial charge in [-0.25, -0.2) is 13.2 Å². The summed E-state index contributed by atoms with van der Waals surface area (Å²) in [6, 6.07) is 12.6. The molecule has 122 valence electrons. The number of carboxylic acid groups (broad SMARTS) is 1. The predicted octanol–water partition coefficient (Wildman–Crippen LogP) is 3.04. The molecule has 3 rings (SSSR count). The SMILES string of the molecule is Cc1ccc2cccnc2c1S(=O)(=O)Nc1ccc(C(=O)O)cc1. The number of carbonyl (C=O) groups is 1. The molecule has 24 heavy (non-hydrogen) atoms. The van der Waals surface area contributed by atoms with Gasteiger partial charge in [-0.05, 0) is 42.8 Å². The Kier molecular flexibility index (Phi) is 3.94. The number of benzene rings is 2. The Balaban J connectivity index is 2.05. The van der Waals surface area contributed by atoms with E-state index in [1.54, 1.807) is 31.3 Å². The molecule has 0 amide bonds. The Hall–Kier alpha value is -2.93. The van der Waals surface area contributed by atoms with E-state index in [0.717, 1.165) is 5.39 Å². The molecule has 0 aliphatic heterocycles. The number of aryl methyl sites for hydroxylation is 1. The van der Waals surface area contributed by atoms with E-state index in [4.69, 9.17) is 5.11 Å². The fraction of sp³-hybridized carbons (Fsp3) is 0.0588. The fourth-order valence-corrected chi connectivity index (χ4v) is 3.91. The monoisotopic (exact) mass is 342 g/mol. The van der Waals surface area contributed by atoms with Crippen LogP contribution in [0.1, 0.15) is 15.9 Å². The number of nitrogens with one attached hydrogen (secondary N) is 1. The van der Waals surface area contributed by atoms with Gasteiger partial charge in [0.1, 0.15) is 4.90 Å². The second-order valence-electron chi connectivity index (χ2n) is 5.27. The lowest BCUT2D eigenvalue weighted by atomic mass is 10.1. The zero-order chi connectivity index (χ0) is 17.3. The van der Waals surface area contributed by atoms with Gasteiger partial charge in [-0.1, -0.05) is 18.2 Å². The minimum atomic E-state index is -3.86. The summed E-state index contributed by atoms with van der Waals surface area (Å²) >= 11 is 0. The Morgan fingerprint density at radius 2 is 1.79 bits per heavy atom. The van der Waals surface area contributed by atoms with Crippen molar-refractivity contribution in [2.24, 2.45) is 0 Å². The number of sulfonamides is 1. The van der Waals surface area contributed by atoms with Crippen molar-refractivity contribution in [2.75, 3.05) is 4.72 Å². The van der Waals surface area contributed by atoms with Crippen molar-refractivity contribution >= 4 is 32.6 Å². The highest BCUT2D eigenvalue weighted by Crippen LogP contribution is 2.26. The van der Waals surface area contributed by atoms with Crippen molar-refractivity contribution in [3.05, 3.63) is 65.9 Å². The fourth-order valence-electron chi connectivity index (χ4n) is 2.45. The maximum atomic E-state index is 12.8. The number of aromatic carboxylic acids is 1. The Bertz CT molecular complexity index is 1030. The Morgan fingerprint density at radius 3 is 2.46 bits per heavy atom. The average Bonchev–Trinajstić information content (AvgIpc) is 2.54. The second-order valence-corrected chi connectivity index (χ2v) is 6.89. The van der Waals surface area contributed by atoms with Crippen LogP contribution in [0.5, 0.6) is 0 Å². The topological polar surface area (TPSA) is 96.4 Å². The lowest BCUT2D eigenvalue weighted by Gasteiger charge is -2.12. The Labute approximate surface area is 138 Å². The van der Waals surface area contributed by atoms with Crippen molar-refractivity contribution < 1.29 is 18.3 Å². The van der Waals surface area contributed by atoms with Crippen LogP contribution in [0.2, 0.25) is 0 Å². The van der Waals surface area contributed by atoms with E-state index in [9.17, 15) is 13.2 Å². The van der Waals surface area contributed by atoms with Crippen molar-refractivity contribution in [1.82, 2.24) is 4.98 Å². The van der Waals surface area contributed by atoms with Gasteiger partial charge in [0.2, 0.25) is 0 Å². The van der Waals surface area contributed by atoms with Gasteiger partial charge in [0.05, 0.1) is 11.1 Å². The smallest absolute Gasteiger partial charge is 0.335 e. The lowest BCUT2D eigenvalue weighted by molar-refractivity contribution is 0.0697. The summed E-state index contributed by atoms with van der Waals surface area (Å²) in [7, 11) is -3.86. The first-order valence-corrected chi connectivity index (χ1v) is 8.57. The van der Waals surface area contributed by atoms with Gasteiger partial charge >= 0.3 is 5.97 Å². The third-order valence-corrected chi connectivity index (χ3v) is 5.14. The molecule has 0 spiro atoms. The van der Waals surface area contributed by atoms with Crippen LogP contribution < -0.4 is 4.72 Å². The van der Waals surface area contributed by atoms with Gasteiger partial charge in [-0.15, -0.1) is 0 Å². The average molecular weight is 342 g/mol. The largest absolute Gasteiger partial charge is 0.478 e. The van der Waals surface area contributed by atoms with Crippen LogP contribution in [-0.4, -0.2) is 24.5 Å². The first-order valence-electron chi connectivity index (χ1n) is 7.09.